The van der Waals surface area contributed by atoms with E-state index in [2.05, 4.69) is 20.1 Å². The number of likely N-dealkylation sites (N-methyl/N-ethyl adjacent to an activating group) is 1. The number of aromatic nitrogens is 3. The van der Waals surface area contributed by atoms with E-state index in [-0.39, 0.29) is 23.9 Å². The van der Waals surface area contributed by atoms with Crippen LogP contribution >= 0.6 is 11.8 Å². The zero-order valence-corrected chi connectivity index (χ0v) is 18.8. The van der Waals surface area contributed by atoms with Crippen LogP contribution in [-0.4, -0.2) is 50.8 Å². The lowest BCUT2D eigenvalue weighted by molar-refractivity contribution is -0.137. The molecule has 1 aromatic carbocycles. The lowest BCUT2D eigenvalue weighted by Gasteiger charge is -2.25. The molecule has 0 unspecified atom stereocenters. The fraction of sp³-hybridized carbons (Fsp3) is 0.524. The van der Waals surface area contributed by atoms with Crippen LogP contribution < -0.4 is 5.32 Å². The molecule has 174 valence electrons. The summed E-state index contributed by atoms with van der Waals surface area (Å²) in [6.07, 6.45) is 1.05. The highest BCUT2D eigenvalue weighted by molar-refractivity contribution is 7.99. The summed E-state index contributed by atoms with van der Waals surface area (Å²) in [6, 6.07) is 5.05. The molecule has 1 aliphatic rings. The maximum Gasteiger partial charge on any atom is 0.418 e. The standard InChI is InChI=1S/C21H26F3N5O2S/c1-14-26-27-20(29(14)15-8-4-3-5-9-15)32-13-19(31)28(2)12-18(30)25-17-11-7-6-10-16(17)21(22,23)24/h6-7,10-11,15H,3-5,8-9,12-13H2,1-2H3,(H,25,30). The lowest BCUT2D eigenvalue weighted by atomic mass is 9.95. The van der Waals surface area contributed by atoms with Crippen LogP contribution in [0, 0.1) is 6.92 Å². The minimum absolute atomic E-state index is 0.0494. The van der Waals surface area contributed by atoms with Crippen LogP contribution in [0.15, 0.2) is 29.4 Å². The highest BCUT2D eigenvalue weighted by atomic mass is 32.2. The van der Waals surface area contributed by atoms with Gasteiger partial charge in [-0.2, -0.15) is 13.2 Å². The van der Waals surface area contributed by atoms with Gasteiger partial charge in [0.15, 0.2) is 5.16 Å². The summed E-state index contributed by atoms with van der Waals surface area (Å²) in [7, 11) is 1.44. The summed E-state index contributed by atoms with van der Waals surface area (Å²) < 4.78 is 41.3. The number of hydrogen-bond donors (Lipinski definition) is 1. The van der Waals surface area contributed by atoms with Crippen LogP contribution in [0.1, 0.15) is 49.5 Å². The quantitative estimate of drug-likeness (QED) is 0.612. The maximum absolute atomic E-state index is 13.1. The van der Waals surface area contributed by atoms with Gasteiger partial charge in [-0.15, -0.1) is 10.2 Å². The molecule has 32 heavy (non-hydrogen) atoms. The van der Waals surface area contributed by atoms with Crippen molar-refractivity contribution in [2.45, 2.75) is 56.4 Å². The first kappa shape index (κ1) is 24.1. The molecule has 1 saturated carbocycles. The molecule has 2 amide bonds. The largest absolute Gasteiger partial charge is 0.418 e. The molecular formula is C21H26F3N5O2S. The molecule has 1 heterocycles. The molecule has 1 aliphatic carbocycles. The predicted octanol–water partition coefficient (Wildman–Crippen LogP) is 4.30. The van der Waals surface area contributed by atoms with Gasteiger partial charge in [-0.1, -0.05) is 43.2 Å². The van der Waals surface area contributed by atoms with Crippen LogP contribution in [-0.2, 0) is 15.8 Å². The van der Waals surface area contributed by atoms with Gasteiger partial charge in [0.1, 0.15) is 5.82 Å². The van der Waals surface area contributed by atoms with Gasteiger partial charge in [-0.25, -0.2) is 0 Å². The van der Waals surface area contributed by atoms with E-state index in [1.807, 2.05) is 6.92 Å². The second-order valence-corrected chi connectivity index (χ2v) is 8.76. The first-order valence-electron chi connectivity index (χ1n) is 10.4. The number of aryl methyl sites for hydroxylation is 1. The van der Waals surface area contributed by atoms with Crippen LogP contribution in [0.25, 0.3) is 0 Å². The molecule has 3 rings (SSSR count). The van der Waals surface area contributed by atoms with E-state index in [0.717, 1.165) is 37.6 Å². The van der Waals surface area contributed by atoms with Crippen molar-refractivity contribution in [1.29, 1.82) is 0 Å². The average molecular weight is 470 g/mol. The molecule has 0 radical (unpaired) electrons. The number of benzene rings is 1. The SMILES string of the molecule is Cc1nnc(SCC(=O)N(C)CC(=O)Nc2ccccc2C(F)(F)F)n1C1CCCCC1. The fourth-order valence-electron chi connectivity index (χ4n) is 3.78. The van der Waals surface area contributed by atoms with E-state index in [4.69, 9.17) is 0 Å². The van der Waals surface area contributed by atoms with Crippen molar-refractivity contribution in [1.82, 2.24) is 19.7 Å². The predicted molar refractivity (Wildman–Crippen MR) is 115 cm³/mol. The monoisotopic (exact) mass is 469 g/mol. The molecule has 2 aromatic rings. The first-order chi connectivity index (χ1) is 15.2. The number of halogens is 3. The molecule has 0 bridgehead atoms. The first-order valence-corrected chi connectivity index (χ1v) is 11.4. The number of anilines is 1. The van der Waals surface area contributed by atoms with E-state index in [1.165, 1.54) is 48.3 Å². The Bertz CT molecular complexity index is 957. The van der Waals surface area contributed by atoms with Crippen LogP contribution in [0.4, 0.5) is 18.9 Å². The van der Waals surface area contributed by atoms with E-state index in [9.17, 15) is 22.8 Å². The topological polar surface area (TPSA) is 80.1 Å². The second kappa shape index (κ2) is 10.4. The van der Waals surface area contributed by atoms with Crippen LogP contribution in [0.2, 0.25) is 0 Å². The number of carbonyl (C=O) groups is 2. The minimum atomic E-state index is -4.59. The average Bonchev–Trinajstić information content (AvgIpc) is 3.12. The number of nitrogens with zero attached hydrogens (tertiary/aromatic N) is 4. The highest BCUT2D eigenvalue weighted by Gasteiger charge is 2.33. The van der Waals surface area contributed by atoms with Crippen LogP contribution in [0.5, 0.6) is 0 Å². The summed E-state index contributed by atoms with van der Waals surface area (Å²) in [5, 5.41) is 11.3. The zero-order chi connectivity index (χ0) is 23.3. The number of para-hydroxylation sites is 1. The zero-order valence-electron chi connectivity index (χ0n) is 18.0. The number of hydrogen-bond acceptors (Lipinski definition) is 5. The Morgan fingerprint density at radius 1 is 1.19 bits per heavy atom. The molecule has 0 aliphatic heterocycles. The molecule has 7 nitrogen and oxygen atoms in total. The van der Waals surface area contributed by atoms with Gasteiger partial charge in [0.05, 0.1) is 23.5 Å². The number of alkyl halides is 3. The normalized spacial score (nSPS) is 14.9. The molecule has 0 saturated heterocycles. The van der Waals surface area contributed by atoms with Crippen molar-refractivity contribution in [3.8, 4) is 0 Å². The van der Waals surface area contributed by atoms with Crippen molar-refractivity contribution in [3.63, 3.8) is 0 Å². The van der Waals surface area contributed by atoms with E-state index < -0.39 is 17.6 Å². The molecule has 0 atom stereocenters. The molecule has 0 spiro atoms. The van der Waals surface area contributed by atoms with Gasteiger partial charge in [0.2, 0.25) is 11.8 Å². The molecule has 1 N–H and O–H groups in total. The fourth-order valence-corrected chi connectivity index (χ4v) is 4.77. The summed E-state index contributed by atoms with van der Waals surface area (Å²) in [5.41, 5.74) is -1.27. The third kappa shape index (κ3) is 6.02. The van der Waals surface area contributed by atoms with E-state index in [0.29, 0.717) is 11.2 Å². The summed E-state index contributed by atoms with van der Waals surface area (Å²) >= 11 is 1.25. The highest BCUT2D eigenvalue weighted by Crippen LogP contribution is 2.35. The Morgan fingerprint density at radius 2 is 1.88 bits per heavy atom. The Balaban J connectivity index is 1.56. The lowest BCUT2D eigenvalue weighted by Crippen LogP contribution is -2.36. The van der Waals surface area contributed by atoms with Crippen molar-refractivity contribution in [2.75, 3.05) is 24.7 Å². The number of rotatable bonds is 7. The molecule has 1 aromatic heterocycles. The van der Waals surface area contributed by atoms with E-state index in [1.54, 1.807) is 0 Å². The van der Waals surface area contributed by atoms with Gasteiger partial charge < -0.3 is 14.8 Å². The number of amides is 2. The smallest absolute Gasteiger partial charge is 0.336 e. The van der Waals surface area contributed by atoms with Gasteiger partial charge >= 0.3 is 6.18 Å². The molecular weight excluding hydrogens is 443 g/mol. The Hall–Kier alpha value is -2.56. The van der Waals surface area contributed by atoms with Gasteiger partial charge in [-0.3, -0.25) is 9.59 Å². The Kier molecular flexibility index (Phi) is 7.81. The van der Waals surface area contributed by atoms with E-state index >= 15 is 0 Å². The van der Waals surface area contributed by atoms with Gasteiger partial charge in [0.25, 0.3) is 0 Å². The molecule has 1 fully saturated rings. The summed E-state index contributed by atoms with van der Waals surface area (Å²) in [5.74, 6) is -0.176. The Morgan fingerprint density at radius 3 is 2.56 bits per heavy atom. The van der Waals surface area contributed by atoms with Gasteiger partial charge in [-0.05, 0) is 31.9 Å². The third-order valence-corrected chi connectivity index (χ3v) is 6.34. The number of nitrogens with one attached hydrogen (secondary N) is 1. The second-order valence-electron chi connectivity index (χ2n) is 7.82. The van der Waals surface area contributed by atoms with Crippen molar-refractivity contribution in [2.24, 2.45) is 0 Å². The number of thioether (sulfide) groups is 1. The van der Waals surface area contributed by atoms with Crippen molar-refractivity contribution in [3.05, 3.63) is 35.7 Å². The van der Waals surface area contributed by atoms with Crippen molar-refractivity contribution < 1.29 is 22.8 Å². The Labute approximate surface area is 188 Å². The number of carbonyl (C=O) groups excluding carboxylic acids is 2. The van der Waals surface area contributed by atoms with Crippen LogP contribution in [0.3, 0.4) is 0 Å². The van der Waals surface area contributed by atoms with Crippen molar-refractivity contribution >= 4 is 29.3 Å². The van der Waals surface area contributed by atoms with Gasteiger partial charge in [0, 0.05) is 13.1 Å². The third-order valence-electron chi connectivity index (χ3n) is 5.41. The maximum atomic E-state index is 13.1. The summed E-state index contributed by atoms with van der Waals surface area (Å²) in [4.78, 5) is 25.9. The molecule has 11 heteroatoms. The summed E-state index contributed by atoms with van der Waals surface area (Å²) in [6.45, 7) is 1.53. The minimum Gasteiger partial charge on any atom is -0.336 e.